The van der Waals surface area contributed by atoms with E-state index in [9.17, 15) is 0 Å². The van der Waals surface area contributed by atoms with E-state index in [1.54, 1.807) is 0 Å². The second-order valence-electron chi connectivity index (χ2n) is 6.29. The summed E-state index contributed by atoms with van der Waals surface area (Å²) in [7, 11) is 0. The highest BCUT2D eigenvalue weighted by atomic mass is 16.5. The molecule has 20 heavy (non-hydrogen) atoms. The Morgan fingerprint density at radius 1 is 1.15 bits per heavy atom. The van der Waals surface area contributed by atoms with Crippen molar-refractivity contribution in [2.24, 2.45) is 5.84 Å². The number of nitrogens with one attached hydrogen (secondary N) is 2. The molecule has 1 aromatic heterocycles. The molecular formula is C14H25N5O. The predicted octanol–water partition coefficient (Wildman–Crippen LogP) is 1.96. The highest BCUT2D eigenvalue weighted by molar-refractivity contribution is 5.57. The molecule has 4 N–H and O–H groups in total. The summed E-state index contributed by atoms with van der Waals surface area (Å²) in [6.07, 6.45) is 2.00. The molecule has 1 fully saturated rings. The van der Waals surface area contributed by atoms with Crippen molar-refractivity contribution in [1.82, 2.24) is 9.97 Å². The molecule has 6 nitrogen and oxygen atoms in total. The van der Waals surface area contributed by atoms with E-state index >= 15 is 0 Å². The predicted molar refractivity (Wildman–Crippen MR) is 80.7 cm³/mol. The van der Waals surface area contributed by atoms with Crippen molar-refractivity contribution < 1.29 is 4.74 Å². The summed E-state index contributed by atoms with van der Waals surface area (Å²) in [6, 6.07) is 0.399. The van der Waals surface area contributed by atoms with Gasteiger partial charge in [-0.2, -0.15) is 0 Å². The first-order valence-corrected chi connectivity index (χ1v) is 7.12. The van der Waals surface area contributed by atoms with Crippen molar-refractivity contribution in [1.29, 1.82) is 0 Å². The van der Waals surface area contributed by atoms with Crippen molar-refractivity contribution in [3.63, 3.8) is 0 Å². The van der Waals surface area contributed by atoms with Gasteiger partial charge in [0, 0.05) is 30.2 Å². The quantitative estimate of drug-likeness (QED) is 0.579. The molecule has 0 aromatic carbocycles. The Hall–Kier alpha value is -1.40. The first-order valence-electron chi connectivity index (χ1n) is 7.12. The molecule has 2 heterocycles. The van der Waals surface area contributed by atoms with Crippen LogP contribution < -0.4 is 16.6 Å². The number of nitrogen functional groups attached to an aromatic ring is 1. The summed E-state index contributed by atoms with van der Waals surface area (Å²) >= 11 is 0. The van der Waals surface area contributed by atoms with Gasteiger partial charge >= 0.3 is 0 Å². The molecule has 0 aliphatic carbocycles. The third-order valence-corrected chi connectivity index (χ3v) is 3.52. The number of nitrogens with zero attached hydrogens (tertiary/aromatic N) is 2. The van der Waals surface area contributed by atoms with Gasteiger partial charge in [-0.25, -0.2) is 15.8 Å². The van der Waals surface area contributed by atoms with E-state index in [1.807, 2.05) is 6.92 Å². The molecule has 2 rings (SSSR count). The maximum absolute atomic E-state index is 5.58. The lowest BCUT2D eigenvalue weighted by Crippen LogP contribution is -2.30. The van der Waals surface area contributed by atoms with Gasteiger partial charge in [-0.1, -0.05) is 20.8 Å². The molecule has 0 unspecified atom stereocenters. The van der Waals surface area contributed by atoms with E-state index in [0.29, 0.717) is 11.9 Å². The molecule has 0 atom stereocenters. The van der Waals surface area contributed by atoms with Gasteiger partial charge in [0.2, 0.25) is 0 Å². The zero-order chi connectivity index (χ0) is 14.8. The lowest BCUT2D eigenvalue weighted by Gasteiger charge is -2.26. The third-order valence-electron chi connectivity index (χ3n) is 3.52. The van der Waals surface area contributed by atoms with E-state index < -0.39 is 0 Å². The van der Waals surface area contributed by atoms with Crippen LogP contribution in [-0.2, 0) is 10.2 Å². The highest BCUT2D eigenvalue weighted by Crippen LogP contribution is 2.27. The fourth-order valence-electron chi connectivity index (χ4n) is 2.17. The van der Waals surface area contributed by atoms with Crippen molar-refractivity contribution in [3.8, 4) is 0 Å². The number of hydrogen-bond acceptors (Lipinski definition) is 6. The summed E-state index contributed by atoms with van der Waals surface area (Å²) in [5, 5.41) is 3.51. The highest BCUT2D eigenvalue weighted by Gasteiger charge is 2.22. The minimum absolute atomic E-state index is 0.120. The van der Waals surface area contributed by atoms with Crippen LogP contribution in [0.2, 0.25) is 0 Å². The molecule has 1 aliphatic rings. The molecule has 6 heteroatoms. The molecule has 1 saturated heterocycles. The third kappa shape index (κ3) is 3.37. The Bertz CT molecular complexity index is 463. The van der Waals surface area contributed by atoms with Gasteiger partial charge in [-0.05, 0) is 19.8 Å². The number of ether oxygens (including phenoxy) is 1. The Balaban J connectivity index is 2.30. The summed E-state index contributed by atoms with van der Waals surface area (Å²) in [6.45, 7) is 9.86. The van der Waals surface area contributed by atoms with Crippen LogP contribution in [0.4, 0.5) is 11.6 Å². The summed E-state index contributed by atoms with van der Waals surface area (Å²) in [5.74, 6) is 7.91. The molecular weight excluding hydrogens is 254 g/mol. The number of rotatable bonds is 3. The van der Waals surface area contributed by atoms with Crippen LogP contribution in [0, 0.1) is 6.92 Å². The normalized spacial score (nSPS) is 17.1. The molecule has 0 bridgehead atoms. The Morgan fingerprint density at radius 3 is 2.30 bits per heavy atom. The second kappa shape index (κ2) is 5.93. The standard InChI is InChI=1S/C14H25N5O/c1-9-11(16-10-5-7-20-8-6-10)17-13(14(2,3)4)18-12(9)19-15/h10H,5-8,15H2,1-4H3,(H2,16,17,18,19). The van der Waals surface area contributed by atoms with Crippen molar-refractivity contribution in [2.75, 3.05) is 24.0 Å². The zero-order valence-electron chi connectivity index (χ0n) is 12.8. The number of aromatic nitrogens is 2. The SMILES string of the molecule is Cc1c(NN)nc(C(C)(C)C)nc1NC1CCOCC1. The van der Waals surface area contributed by atoms with Crippen LogP contribution in [0.5, 0.6) is 0 Å². The van der Waals surface area contributed by atoms with E-state index in [0.717, 1.165) is 43.3 Å². The van der Waals surface area contributed by atoms with Gasteiger partial charge < -0.3 is 15.5 Å². The average Bonchev–Trinajstić information content (AvgIpc) is 2.41. The summed E-state index contributed by atoms with van der Waals surface area (Å²) in [4.78, 5) is 9.19. The second-order valence-corrected chi connectivity index (χ2v) is 6.29. The van der Waals surface area contributed by atoms with Crippen LogP contribution in [0.25, 0.3) is 0 Å². The van der Waals surface area contributed by atoms with Crippen molar-refractivity contribution in [2.45, 2.75) is 52.0 Å². The van der Waals surface area contributed by atoms with Crippen molar-refractivity contribution in [3.05, 3.63) is 11.4 Å². The van der Waals surface area contributed by atoms with Crippen LogP contribution >= 0.6 is 0 Å². The number of anilines is 2. The summed E-state index contributed by atoms with van der Waals surface area (Å²) in [5.41, 5.74) is 3.50. The lowest BCUT2D eigenvalue weighted by atomic mass is 9.95. The van der Waals surface area contributed by atoms with E-state index in [1.165, 1.54) is 0 Å². The van der Waals surface area contributed by atoms with Crippen LogP contribution in [0.3, 0.4) is 0 Å². The topological polar surface area (TPSA) is 85.1 Å². The molecule has 0 radical (unpaired) electrons. The minimum Gasteiger partial charge on any atom is -0.381 e. The maximum Gasteiger partial charge on any atom is 0.148 e. The largest absolute Gasteiger partial charge is 0.381 e. The Morgan fingerprint density at radius 2 is 1.75 bits per heavy atom. The fourth-order valence-corrected chi connectivity index (χ4v) is 2.17. The van der Waals surface area contributed by atoms with Gasteiger partial charge in [0.1, 0.15) is 17.5 Å². The Labute approximate surface area is 120 Å². The van der Waals surface area contributed by atoms with Crippen LogP contribution in [0.1, 0.15) is 45.0 Å². The van der Waals surface area contributed by atoms with Gasteiger partial charge in [-0.3, -0.25) is 0 Å². The van der Waals surface area contributed by atoms with E-state index in [-0.39, 0.29) is 5.41 Å². The lowest BCUT2D eigenvalue weighted by molar-refractivity contribution is 0.0903. The van der Waals surface area contributed by atoms with Crippen LogP contribution in [0.15, 0.2) is 0 Å². The first-order chi connectivity index (χ1) is 9.41. The van der Waals surface area contributed by atoms with Crippen molar-refractivity contribution >= 4 is 11.6 Å². The smallest absolute Gasteiger partial charge is 0.148 e. The number of hydrogen-bond donors (Lipinski definition) is 3. The van der Waals surface area contributed by atoms with Gasteiger partial charge in [-0.15, -0.1) is 0 Å². The molecule has 1 aliphatic heterocycles. The Kier molecular flexibility index (Phi) is 4.45. The first kappa shape index (κ1) is 15.0. The van der Waals surface area contributed by atoms with E-state index in [2.05, 4.69) is 41.5 Å². The van der Waals surface area contributed by atoms with Gasteiger partial charge in [0.05, 0.1) is 0 Å². The molecule has 0 amide bonds. The van der Waals surface area contributed by atoms with Gasteiger partial charge in [0.15, 0.2) is 0 Å². The van der Waals surface area contributed by atoms with E-state index in [4.69, 9.17) is 10.6 Å². The molecule has 112 valence electrons. The maximum atomic E-state index is 5.58. The monoisotopic (exact) mass is 279 g/mol. The molecule has 1 aromatic rings. The van der Waals surface area contributed by atoms with Crippen LogP contribution in [-0.4, -0.2) is 29.2 Å². The van der Waals surface area contributed by atoms with Gasteiger partial charge in [0.25, 0.3) is 0 Å². The number of hydrazine groups is 1. The average molecular weight is 279 g/mol. The fraction of sp³-hybridized carbons (Fsp3) is 0.714. The zero-order valence-corrected chi connectivity index (χ0v) is 12.8. The molecule has 0 spiro atoms. The number of nitrogens with two attached hydrogens (primary N) is 1. The summed E-state index contributed by atoms with van der Waals surface area (Å²) < 4.78 is 5.39. The minimum atomic E-state index is -0.120. The molecule has 0 saturated carbocycles.